The van der Waals surface area contributed by atoms with Gasteiger partial charge in [-0.15, -0.1) is 0 Å². The number of carbonyl (C=O) groups is 2. The number of ether oxygens (including phenoxy) is 3. The number of hydrogen-bond donors (Lipinski definition) is 0. The second-order valence-corrected chi connectivity index (χ2v) is 3.59. The van der Waals surface area contributed by atoms with Crippen molar-refractivity contribution >= 4 is 11.9 Å². The molecule has 0 amide bonds. The van der Waals surface area contributed by atoms with Crippen LogP contribution >= 0.6 is 0 Å². The Kier molecular flexibility index (Phi) is 3.39. The van der Waals surface area contributed by atoms with Crippen molar-refractivity contribution in [3.63, 3.8) is 0 Å². The summed E-state index contributed by atoms with van der Waals surface area (Å²) in [5.41, 5.74) is 0.414. The van der Waals surface area contributed by atoms with E-state index in [1.807, 2.05) is 0 Å². The summed E-state index contributed by atoms with van der Waals surface area (Å²) in [5.74, 6) is -1.10. The zero-order chi connectivity index (χ0) is 12.3. The maximum Gasteiger partial charge on any atom is 0.339 e. The molecule has 17 heavy (non-hydrogen) atoms. The summed E-state index contributed by atoms with van der Waals surface area (Å²) >= 11 is 0. The van der Waals surface area contributed by atoms with Gasteiger partial charge in [0, 0.05) is 0 Å². The standard InChI is InChI=1S/C12H12O5/c1-15-11(13)9-4-2-3-5-10(9)12(14)17-7-8-6-16-8/h2-5,8H,6-7H2,1H3. The summed E-state index contributed by atoms with van der Waals surface area (Å²) < 4.78 is 14.5. The quantitative estimate of drug-likeness (QED) is 0.577. The molecule has 0 spiro atoms. The summed E-state index contributed by atoms with van der Waals surface area (Å²) in [7, 11) is 1.27. The Morgan fingerprint density at radius 2 is 1.88 bits per heavy atom. The topological polar surface area (TPSA) is 65.1 Å². The van der Waals surface area contributed by atoms with Gasteiger partial charge in [-0.25, -0.2) is 9.59 Å². The van der Waals surface area contributed by atoms with Gasteiger partial charge in [0.1, 0.15) is 12.7 Å². The van der Waals surface area contributed by atoms with Crippen LogP contribution in [0.5, 0.6) is 0 Å². The number of epoxide rings is 1. The zero-order valence-electron chi connectivity index (χ0n) is 9.34. The number of rotatable bonds is 4. The molecule has 1 saturated heterocycles. The first-order chi connectivity index (χ1) is 8.22. The number of esters is 2. The van der Waals surface area contributed by atoms with Crippen molar-refractivity contribution in [3.8, 4) is 0 Å². The molecule has 1 aromatic rings. The molecule has 0 radical (unpaired) electrons. The first-order valence-electron chi connectivity index (χ1n) is 5.18. The van der Waals surface area contributed by atoms with Crippen molar-refractivity contribution in [1.82, 2.24) is 0 Å². The van der Waals surface area contributed by atoms with Crippen LogP contribution in [0.25, 0.3) is 0 Å². The molecule has 1 aromatic carbocycles. The fourth-order valence-corrected chi connectivity index (χ4v) is 1.36. The normalized spacial score (nSPS) is 17.4. The monoisotopic (exact) mass is 236 g/mol. The fourth-order valence-electron chi connectivity index (χ4n) is 1.36. The van der Waals surface area contributed by atoms with Gasteiger partial charge in [0.05, 0.1) is 24.8 Å². The molecule has 1 unspecified atom stereocenters. The lowest BCUT2D eigenvalue weighted by atomic mass is 10.1. The predicted molar refractivity (Wildman–Crippen MR) is 57.8 cm³/mol. The van der Waals surface area contributed by atoms with Gasteiger partial charge in [0.25, 0.3) is 0 Å². The van der Waals surface area contributed by atoms with Gasteiger partial charge in [0.15, 0.2) is 0 Å². The minimum Gasteiger partial charge on any atom is -0.465 e. The van der Waals surface area contributed by atoms with Crippen molar-refractivity contribution in [2.45, 2.75) is 6.10 Å². The van der Waals surface area contributed by atoms with Gasteiger partial charge in [-0.2, -0.15) is 0 Å². The van der Waals surface area contributed by atoms with Gasteiger partial charge >= 0.3 is 11.9 Å². The van der Waals surface area contributed by atoms with Crippen LogP contribution < -0.4 is 0 Å². The lowest BCUT2D eigenvalue weighted by Crippen LogP contribution is -2.15. The van der Waals surface area contributed by atoms with Crippen LogP contribution in [0, 0.1) is 0 Å². The molecule has 90 valence electrons. The molecule has 5 heteroatoms. The van der Waals surface area contributed by atoms with Gasteiger partial charge < -0.3 is 14.2 Å². The van der Waals surface area contributed by atoms with E-state index in [0.717, 1.165) is 0 Å². The summed E-state index contributed by atoms with van der Waals surface area (Å²) in [6.07, 6.45) is 0.00392. The summed E-state index contributed by atoms with van der Waals surface area (Å²) in [4.78, 5) is 23.2. The summed E-state index contributed by atoms with van der Waals surface area (Å²) in [6, 6.07) is 6.38. The molecule has 1 aliphatic heterocycles. The number of hydrogen-bond acceptors (Lipinski definition) is 5. The fraction of sp³-hybridized carbons (Fsp3) is 0.333. The third-order valence-corrected chi connectivity index (χ3v) is 2.35. The minimum absolute atomic E-state index is 0.00392. The highest BCUT2D eigenvalue weighted by atomic mass is 16.6. The van der Waals surface area contributed by atoms with Crippen molar-refractivity contribution < 1.29 is 23.8 Å². The molecule has 1 fully saturated rings. The van der Waals surface area contributed by atoms with Crippen LogP contribution in [-0.2, 0) is 14.2 Å². The Morgan fingerprint density at radius 3 is 2.41 bits per heavy atom. The minimum atomic E-state index is -0.555. The molecule has 0 bridgehead atoms. The molecule has 0 saturated carbocycles. The molecule has 0 N–H and O–H groups in total. The van der Waals surface area contributed by atoms with Crippen LogP contribution in [0.2, 0.25) is 0 Å². The molecule has 1 heterocycles. The molecule has 1 aliphatic rings. The van der Waals surface area contributed by atoms with Crippen molar-refractivity contribution in [2.75, 3.05) is 20.3 Å². The number of methoxy groups -OCH3 is 1. The van der Waals surface area contributed by atoms with Crippen LogP contribution in [0.3, 0.4) is 0 Å². The SMILES string of the molecule is COC(=O)c1ccccc1C(=O)OCC1CO1. The first kappa shape index (κ1) is 11.6. The molecule has 1 atom stereocenters. The van der Waals surface area contributed by atoms with Crippen LogP contribution in [0.1, 0.15) is 20.7 Å². The van der Waals surface area contributed by atoms with E-state index in [0.29, 0.717) is 6.61 Å². The maximum absolute atomic E-state index is 11.7. The molecule has 0 aromatic heterocycles. The molecular weight excluding hydrogens is 224 g/mol. The first-order valence-corrected chi connectivity index (χ1v) is 5.18. The summed E-state index contributed by atoms with van der Waals surface area (Å²) in [5, 5.41) is 0. The van der Waals surface area contributed by atoms with Gasteiger partial charge in [-0.1, -0.05) is 12.1 Å². The van der Waals surface area contributed by atoms with Crippen LogP contribution in [0.4, 0.5) is 0 Å². The van der Waals surface area contributed by atoms with Gasteiger partial charge in [0.2, 0.25) is 0 Å². The Hall–Kier alpha value is -1.88. The van der Waals surface area contributed by atoms with E-state index in [-0.39, 0.29) is 23.8 Å². The van der Waals surface area contributed by atoms with Gasteiger partial charge in [-0.05, 0) is 12.1 Å². The average Bonchev–Trinajstić information content (AvgIpc) is 3.19. The highest BCUT2D eigenvalue weighted by Gasteiger charge is 2.25. The van der Waals surface area contributed by atoms with Crippen LogP contribution in [0.15, 0.2) is 24.3 Å². The van der Waals surface area contributed by atoms with Crippen molar-refractivity contribution in [3.05, 3.63) is 35.4 Å². The Morgan fingerprint density at radius 1 is 1.29 bits per heavy atom. The Labute approximate surface area is 98.3 Å². The van der Waals surface area contributed by atoms with E-state index < -0.39 is 11.9 Å². The van der Waals surface area contributed by atoms with E-state index in [9.17, 15) is 9.59 Å². The lowest BCUT2D eigenvalue weighted by molar-refractivity contribution is 0.0461. The Bertz CT molecular complexity index is 436. The van der Waals surface area contributed by atoms with E-state index in [2.05, 4.69) is 4.74 Å². The third-order valence-electron chi connectivity index (χ3n) is 2.35. The maximum atomic E-state index is 11.7. The number of carbonyl (C=O) groups excluding carboxylic acids is 2. The average molecular weight is 236 g/mol. The van der Waals surface area contributed by atoms with E-state index in [4.69, 9.17) is 9.47 Å². The Balaban J connectivity index is 2.12. The summed E-state index contributed by atoms with van der Waals surface area (Å²) in [6.45, 7) is 0.834. The van der Waals surface area contributed by atoms with Gasteiger partial charge in [-0.3, -0.25) is 0 Å². The largest absolute Gasteiger partial charge is 0.465 e. The van der Waals surface area contributed by atoms with Crippen molar-refractivity contribution in [1.29, 1.82) is 0 Å². The second kappa shape index (κ2) is 4.97. The highest BCUT2D eigenvalue weighted by molar-refractivity contribution is 6.03. The van der Waals surface area contributed by atoms with E-state index in [1.165, 1.54) is 19.2 Å². The smallest absolute Gasteiger partial charge is 0.339 e. The highest BCUT2D eigenvalue weighted by Crippen LogP contribution is 2.14. The number of benzene rings is 1. The molecule has 2 rings (SSSR count). The third kappa shape index (κ3) is 2.82. The second-order valence-electron chi connectivity index (χ2n) is 3.59. The molecule has 5 nitrogen and oxygen atoms in total. The zero-order valence-corrected chi connectivity index (χ0v) is 9.34. The molecular formula is C12H12O5. The molecule has 0 aliphatic carbocycles. The van der Waals surface area contributed by atoms with Crippen molar-refractivity contribution in [2.24, 2.45) is 0 Å². The van der Waals surface area contributed by atoms with E-state index >= 15 is 0 Å². The lowest BCUT2D eigenvalue weighted by Gasteiger charge is -2.07. The van der Waals surface area contributed by atoms with Crippen LogP contribution in [-0.4, -0.2) is 38.4 Å². The van der Waals surface area contributed by atoms with E-state index in [1.54, 1.807) is 12.1 Å². The predicted octanol–water partition coefficient (Wildman–Crippen LogP) is 1.03.